The van der Waals surface area contributed by atoms with Crippen molar-refractivity contribution < 1.29 is 14.6 Å². The van der Waals surface area contributed by atoms with Crippen LogP contribution in [-0.2, 0) is 9.53 Å². The van der Waals surface area contributed by atoms with Gasteiger partial charge in [0, 0.05) is 12.6 Å². The number of thioether (sulfide) groups is 1. The molecule has 0 radical (unpaired) electrons. The fourth-order valence-electron chi connectivity index (χ4n) is 3.25. The highest BCUT2D eigenvalue weighted by atomic mass is 32.2. The Labute approximate surface area is 133 Å². The number of esters is 1. The van der Waals surface area contributed by atoms with Gasteiger partial charge in [0.2, 0.25) is 0 Å². The second-order valence-electron chi connectivity index (χ2n) is 6.50. The Morgan fingerprint density at radius 1 is 1.48 bits per heavy atom. The Balaban J connectivity index is 2.59. The Bertz CT molecular complexity index is 325. The minimum atomic E-state index is -0.494. The molecule has 0 aromatic heterocycles. The van der Waals surface area contributed by atoms with Gasteiger partial charge in [-0.1, -0.05) is 13.3 Å². The molecule has 0 aromatic carbocycles. The minimum absolute atomic E-state index is 0.104. The number of carbonyl (C=O) groups excluding carboxylic acids is 1. The summed E-state index contributed by atoms with van der Waals surface area (Å²) in [4.78, 5) is 12.3. The van der Waals surface area contributed by atoms with Crippen LogP contribution in [0.2, 0.25) is 0 Å². The molecular weight excluding hydrogens is 286 g/mol. The van der Waals surface area contributed by atoms with Crippen LogP contribution in [0.4, 0.5) is 0 Å². The zero-order valence-electron chi connectivity index (χ0n) is 13.9. The van der Waals surface area contributed by atoms with Gasteiger partial charge in [0.15, 0.2) is 0 Å². The summed E-state index contributed by atoms with van der Waals surface area (Å²) in [6.45, 7) is 6.47. The summed E-state index contributed by atoms with van der Waals surface area (Å²) < 4.78 is 5.09. The highest BCUT2D eigenvalue weighted by molar-refractivity contribution is 7.99. The van der Waals surface area contributed by atoms with E-state index in [0.717, 1.165) is 37.2 Å². The van der Waals surface area contributed by atoms with Gasteiger partial charge in [0.25, 0.3) is 0 Å². The molecule has 1 fully saturated rings. The Hall–Kier alpha value is -0.260. The van der Waals surface area contributed by atoms with Crippen LogP contribution in [0, 0.1) is 11.8 Å². The van der Waals surface area contributed by atoms with Crippen LogP contribution in [-0.4, -0.2) is 47.9 Å². The topological polar surface area (TPSA) is 58.6 Å². The molecule has 1 aliphatic rings. The van der Waals surface area contributed by atoms with Crippen molar-refractivity contribution in [2.45, 2.75) is 58.0 Å². The smallest absolute Gasteiger partial charge is 0.326 e. The van der Waals surface area contributed by atoms with Gasteiger partial charge in [-0.15, -0.1) is 0 Å². The maximum atomic E-state index is 12.3. The highest BCUT2D eigenvalue weighted by Gasteiger charge is 2.49. The molecule has 21 heavy (non-hydrogen) atoms. The van der Waals surface area contributed by atoms with E-state index in [0.29, 0.717) is 11.8 Å². The lowest BCUT2D eigenvalue weighted by Crippen LogP contribution is -2.57. The normalized spacial score (nSPS) is 27.0. The van der Waals surface area contributed by atoms with E-state index < -0.39 is 5.54 Å². The fraction of sp³-hybridized carbons (Fsp3) is 0.938. The van der Waals surface area contributed by atoms with E-state index in [1.165, 1.54) is 7.11 Å². The molecule has 3 atom stereocenters. The summed E-state index contributed by atoms with van der Waals surface area (Å²) in [7, 11) is 1.49. The first-order valence-corrected chi connectivity index (χ1v) is 9.16. The third kappa shape index (κ3) is 5.15. The lowest BCUT2D eigenvalue weighted by molar-refractivity contribution is -0.150. The molecule has 0 aliphatic heterocycles. The van der Waals surface area contributed by atoms with Gasteiger partial charge in [-0.2, -0.15) is 11.8 Å². The second-order valence-corrected chi connectivity index (χ2v) is 7.65. The summed E-state index contributed by atoms with van der Waals surface area (Å²) >= 11 is 1.87. The molecule has 0 saturated heterocycles. The van der Waals surface area contributed by atoms with Crippen LogP contribution >= 0.6 is 11.8 Å². The van der Waals surface area contributed by atoms with E-state index >= 15 is 0 Å². The highest BCUT2D eigenvalue weighted by Crippen LogP contribution is 2.40. The molecule has 0 amide bonds. The molecule has 1 saturated carbocycles. The van der Waals surface area contributed by atoms with Gasteiger partial charge in [0.1, 0.15) is 5.54 Å². The molecule has 4 nitrogen and oxygen atoms in total. The van der Waals surface area contributed by atoms with Crippen LogP contribution < -0.4 is 5.32 Å². The molecule has 0 heterocycles. The van der Waals surface area contributed by atoms with Crippen molar-refractivity contribution >= 4 is 17.7 Å². The van der Waals surface area contributed by atoms with E-state index in [9.17, 15) is 4.79 Å². The molecule has 2 N–H and O–H groups in total. The zero-order chi connectivity index (χ0) is 15.9. The van der Waals surface area contributed by atoms with Crippen molar-refractivity contribution in [3.05, 3.63) is 0 Å². The number of hydrogen-bond donors (Lipinski definition) is 2. The van der Waals surface area contributed by atoms with Gasteiger partial charge in [-0.3, -0.25) is 10.1 Å². The first kappa shape index (κ1) is 18.8. The fourth-order valence-corrected chi connectivity index (χ4v) is 4.37. The third-order valence-corrected chi connectivity index (χ3v) is 5.57. The largest absolute Gasteiger partial charge is 0.468 e. The zero-order valence-corrected chi connectivity index (χ0v) is 14.7. The Kier molecular flexibility index (Phi) is 8.06. The standard InChI is InChI=1S/C16H31NO3S/c1-12(2)17-16(15(19)20-4)8-5-6-14(16)7-9-21-11-13(3)10-18/h12-14,17-18H,5-11H2,1-4H3. The lowest BCUT2D eigenvalue weighted by atomic mass is 9.84. The summed E-state index contributed by atoms with van der Waals surface area (Å²) in [5, 5.41) is 12.5. The number of carbonyl (C=O) groups is 1. The minimum Gasteiger partial charge on any atom is -0.468 e. The molecule has 0 bridgehead atoms. The Morgan fingerprint density at radius 2 is 2.19 bits per heavy atom. The van der Waals surface area contributed by atoms with Gasteiger partial charge in [0.05, 0.1) is 7.11 Å². The average Bonchev–Trinajstić information content (AvgIpc) is 2.85. The summed E-state index contributed by atoms with van der Waals surface area (Å²) in [5.41, 5.74) is -0.494. The van der Waals surface area contributed by atoms with E-state index in [4.69, 9.17) is 9.84 Å². The van der Waals surface area contributed by atoms with Crippen LogP contribution in [0.3, 0.4) is 0 Å². The SMILES string of the molecule is COC(=O)C1(NC(C)C)CCCC1CCSCC(C)CO. The van der Waals surface area contributed by atoms with Crippen molar-refractivity contribution in [3.8, 4) is 0 Å². The van der Waals surface area contributed by atoms with Crippen molar-refractivity contribution in [1.82, 2.24) is 5.32 Å². The van der Waals surface area contributed by atoms with Crippen molar-refractivity contribution in [1.29, 1.82) is 0 Å². The quantitative estimate of drug-likeness (QED) is 0.505. The van der Waals surface area contributed by atoms with Gasteiger partial charge in [-0.05, 0) is 56.5 Å². The first-order valence-electron chi connectivity index (χ1n) is 8.01. The van der Waals surface area contributed by atoms with Gasteiger partial charge in [-0.25, -0.2) is 0 Å². The number of nitrogens with one attached hydrogen (secondary N) is 1. The molecule has 124 valence electrons. The average molecular weight is 317 g/mol. The van der Waals surface area contributed by atoms with Crippen molar-refractivity contribution in [3.63, 3.8) is 0 Å². The lowest BCUT2D eigenvalue weighted by Gasteiger charge is -2.35. The molecule has 3 unspecified atom stereocenters. The van der Waals surface area contributed by atoms with E-state index in [-0.39, 0.29) is 18.6 Å². The third-order valence-electron chi connectivity index (χ3n) is 4.24. The molecule has 1 rings (SSSR count). The monoisotopic (exact) mass is 317 g/mol. The predicted octanol–water partition coefficient (Wildman–Crippen LogP) is 2.45. The second kappa shape index (κ2) is 9.01. The number of methoxy groups -OCH3 is 1. The summed E-state index contributed by atoms with van der Waals surface area (Å²) in [5.74, 6) is 2.61. The molecular formula is C16H31NO3S. The summed E-state index contributed by atoms with van der Waals surface area (Å²) in [6, 6.07) is 0.270. The molecule has 0 spiro atoms. The van der Waals surface area contributed by atoms with Crippen molar-refractivity contribution in [2.24, 2.45) is 11.8 Å². The number of ether oxygens (including phenoxy) is 1. The maximum absolute atomic E-state index is 12.3. The van der Waals surface area contributed by atoms with E-state index in [1.807, 2.05) is 11.8 Å². The first-order chi connectivity index (χ1) is 9.96. The Morgan fingerprint density at radius 3 is 2.76 bits per heavy atom. The number of aliphatic hydroxyl groups is 1. The number of rotatable bonds is 9. The number of aliphatic hydroxyl groups excluding tert-OH is 1. The van der Waals surface area contributed by atoms with Crippen LogP contribution in [0.5, 0.6) is 0 Å². The van der Waals surface area contributed by atoms with E-state index in [2.05, 4.69) is 26.1 Å². The molecule has 0 aromatic rings. The van der Waals surface area contributed by atoms with Crippen molar-refractivity contribution in [2.75, 3.05) is 25.2 Å². The van der Waals surface area contributed by atoms with E-state index in [1.54, 1.807) is 0 Å². The molecule has 5 heteroatoms. The van der Waals surface area contributed by atoms with Crippen LogP contribution in [0.15, 0.2) is 0 Å². The molecule has 1 aliphatic carbocycles. The van der Waals surface area contributed by atoms with Crippen LogP contribution in [0.25, 0.3) is 0 Å². The van der Waals surface area contributed by atoms with Crippen LogP contribution in [0.1, 0.15) is 46.5 Å². The van der Waals surface area contributed by atoms with Gasteiger partial charge < -0.3 is 9.84 Å². The number of hydrogen-bond acceptors (Lipinski definition) is 5. The van der Waals surface area contributed by atoms with Gasteiger partial charge >= 0.3 is 5.97 Å². The maximum Gasteiger partial charge on any atom is 0.326 e. The summed E-state index contributed by atoms with van der Waals surface area (Å²) in [6.07, 6.45) is 4.07. The predicted molar refractivity (Wildman–Crippen MR) is 88.6 cm³/mol.